The highest BCUT2D eigenvalue weighted by molar-refractivity contribution is 5.85. The van der Waals surface area contributed by atoms with E-state index < -0.39 is 0 Å². The van der Waals surface area contributed by atoms with Crippen LogP contribution < -0.4 is 11.1 Å². The lowest BCUT2D eigenvalue weighted by Gasteiger charge is -2.30. The summed E-state index contributed by atoms with van der Waals surface area (Å²) in [5.41, 5.74) is 8.16. The third kappa shape index (κ3) is 7.20. The van der Waals surface area contributed by atoms with Crippen molar-refractivity contribution in [3.05, 3.63) is 59.9 Å². The SMILES string of the molecule is CCN(CC)C(CNC(=O)Cc1ccc(N)cn1)c1ccccc1.Cl.Cl. The number of benzene rings is 1. The molecule has 26 heavy (non-hydrogen) atoms. The maximum atomic E-state index is 12.2. The average Bonchev–Trinajstić information content (AvgIpc) is 2.61. The van der Waals surface area contributed by atoms with Gasteiger partial charge in [-0.15, -0.1) is 24.8 Å². The van der Waals surface area contributed by atoms with Gasteiger partial charge in [0.05, 0.1) is 24.3 Å². The van der Waals surface area contributed by atoms with Crippen LogP contribution in [-0.4, -0.2) is 35.4 Å². The van der Waals surface area contributed by atoms with Crippen LogP contribution in [0, 0.1) is 0 Å². The fraction of sp³-hybridized carbons (Fsp3) is 0.368. The molecule has 0 saturated carbocycles. The van der Waals surface area contributed by atoms with E-state index in [-0.39, 0.29) is 43.2 Å². The number of likely N-dealkylation sites (N-methyl/N-ethyl adjacent to an activating group) is 1. The molecule has 7 heteroatoms. The van der Waals surface area contributed by atoms with Gasteiger partial charge in [0.25, 0.3) is 0 Å². The molecule has 144 valence electrons. The van der Waals surface area contributed by atoms with Crippen LogP contribution in [0.5, 0.6) is 0 Å². The largest absolute Gasteiger partial charge is 0.397 e. The number of hydrogen-bond acceptors (Lipinski definition) is 4. The maximum Gasteiger partial charge on any atom is 0.226 e. The molecule has 5 nitrogen and oxygen atoms in total. The van der Waals surface area contributed by atoms with Gasteiger partial charge in [0.15, 0.2) is 0 Å². The quantitative estimate of drug-likeness (QED) is 0.715. The van der Waals surface area contributed by atoms with Gasteiger partial charge >= 0.3 is 0 Å². The number of halogens is 2. The van der Waals surface area contributed by atoms with E-state index in [1.807, 2.05) is 18.2 Å². The Kier molecular flexibility index (Phi) is 11.6. The van der Waals surface area contributed by atoms with E-state index in [1.54, 1.807) is 18.3 Å². The number of carbonyl (C=O) groups excluding carboxylic acids is 1. The molecule has 0 aliphatic rings. The number of hydrogen-bond donors (Lipinski definition) is 2. The van der Waals surface area contributed by atoms with Crippen LogP contribution in [-0.2, 0) is 11.2 Å². The van der Waals surface area contributed by atoms with Crippen molar-refractivity contribution < 1.29 is 4.79 Å². The smallest absolute Gasteiger partial charge is 0.226 e. The second-order valence-electron chi connectivity index (χ2n) is 5.71. The number of nitrogens with one attached hydrogen (secondary N) is 1. The number of nitrogens with zero attached hydrogens (tertiary/aromatic N) is 2. The minimum Gasteiger partial charge on any atom is -0.397 e. The standard InChI is InChI=1S/C19H26N4O.2ClH/c1-3-23(4-2)18(15-8-6-5-7-9-15)14-22-19(24)12-17-11-10-16(20)13-21-17;;/h5-11,13,18H,3-4,12,14,20H2,1-2H3,(H,22,24);2*1H. The summed E-state index contributed by atoms with van der Waals surface area (Å²) >= 11 is 0. The Bertz CT molecular complexity index is 634. The van der Waals surface area contributed by atoms with Gasteiger partial charge in [-0.05, 0) is 30.8 Å². The molecular weight excluding hydrogens is 371 g/mol. The predicted octanol–water partition coefficient (Wildman–Crippen LogP) is 3.25. The number of carbonyl (C=O) groups is 1. The topological polar surface area (TPSA) is 71.2 Å². The molecule has 1 aromatic carbocycles. The zero-order chi connectivity index (χ0) is 17.4. The monoisotopic (exact) mass is 398 g/mol. The number of nitrogens with two attached hydrogens (primary N) is 1. The van der Waals surface area contributed by atoms with Gasteiger partial charge in [-0.2, -0.15) is 0 Å². The first kappa shape index (κ1) is 24.2. The Morgan fingerprint density at radius 3 is 2.31 bits per heavy atom. The second kappa shape index (κ2) is 12.5. The van der Waals surface area contributed by atoms with Crippen molar-refractivity contribution in [3.8, 4) is 0 Å². The molecule has 0 spiro atoms. The molecule has 2 aromatic rings. The fourth-order valence-electron chi connectivity index (χ4n) is 2.78. The molecule has 3 N–H and O–H groups in total. The average molecular weight is 399 g/mol. The highest BCUT2D eigenvalue weighted by Gasteiger charge is 2.18. The molecule has 0 saturated heterocycles. The van der Waals surface area contributed by atoms with Gasteiger partial charge < -0.3 is 11.1 Å². The van der Waals surface area contributed by atoms with Crippen LogP contribution >= 0.6 is 24.8 Å². The molecule has 1 aromatic heterocycles. The van der Waals surface area contributed by atoms with Crippen LogP contribution in [0.4, 0.5) is 5.69 Å². The fourth-order valence-corrected chi connectivity index (χ4v) is 2.78. The molecule has 0 aliphatic heterocycles. The van der Waals surface area contributed by atoms with E-state index in [2.05, 4.69) is 41.2 Å². The lowest BCUT2D eigenvalue weighted by Crippen LogP contribution is -2.38. The predicted molar refractivity (Wildman–Crippen MR) is 112 cm³/mol. The van der Waals surface area contributed by atoms with Crippen LogP contribution in [0.15, 0.2) is 48.7 Å². The molecule has 1 heterocycles. The van der Waals surface area contributed by atoms with Crippen molar-refractivity contribution in [2.24, 2.45) is 0 Å². The lowest BCUT2D eigenvalue weighted by atomic mass is 10.0. The number of anilines is 1. The summed E-state index contributed by atoms with van der Waals surface area (Å²) in [6.45, 7) is 6.73. The number of amides is 1. The first-order valence-electron chi connectivity index (χ1n) is 8.40. The van der Waals surface area contributed by atoms with Crippen molar-refractivity contribution in [2.75, 3.05) is 25.4 Å². The Balaban J connectivity index is 0.00000312. The molecule has 1 amide bonds. The zero-order valence-corrected chi connectivity index (χ0v) is 16.9. The lowest BCUT2D eigenvalue weighted by molar-refractivity contribution is -0.120. The molecule has 0 fully saturated rings. The Morgan fingerprint density at radius 1 is 1.12 bits per heavy atom. The van der Waals surface area contributed by atoms with Gasteiger partial charge in [-0.1, -0.05) is 44.2 Å². The first-order valence-corrected chi connectivity index (χ1v) is 8.40. The van der Waals surface area contributed by atoms with Gasteiger partial charge in [0, 0.05) is 12.2 Å². The van der Waals surface area contributed by atoms with Gasteiger partial charge in [0.1, 0.15) is 0 Å². The molecule has 1 atom stereocenters. The van der Waals surface area contributed by atoms with Gasteiger partial charge in [-0.3, -0.25) is 14.7 Å². The summed E-state index contributed by atoms with van der Waals surface area (Å²) in [5, 5.41) is 3.04. The molecule has 0 radical (unpaired) electrons. The van der Waals surface area contributed by atoms with E-state index in [0.29, 0.717) is 12.2 Å². The summed E-state index contributed by atoms with van der Waals surface area (Å²) < 4.78 is 0. The zero-order valence-electron chi connectivity index (χ0n) is 15.2. The first-order chi connectivity index (χ1) is 11.6. The second-order valence-corrected chi connectivity index (χ2v) is 5.71. The minimum absolute atomic E-state index is 0. The molecule has 1 unspecified atom stereocenters. The molecule has 2 rings (SSSR count). The third-order valence-electron chi connectivity index (χ3n) is 4.12. The van der Waals surface area contributed by atoms with E-state index in [0.717, 1.165) is 18.8 Å². The normalized spacial score (nSPS) is 11.2. The molecule has 0 bridgehead atoms. The van der Waals surface area contributed by atoms with Crippen molar-refractivity contribution >= 4 is 36.4 Å². The van der Waals surface area contributed by atoms with Crippen LogP contribution in [0.2, 0.25) is 0 Å². The minimum atomic E-state index is -0.0274. The van der Waals surface area contributed by atoms with Crippen LogP contribution in [0.3, 0.4) is 0 Å². The Hall–Kier alpha value is -1.82. The highest BCUT2D eigenvalue weighted by Crippen LogP contribution is 2.19. The van der Waals surface area contributed by atoms with E-state index in [9.17, 15) is 4.79 Å². The number of rotatable bonds is 8. The van der Waals surface area contributed by atoms with Crippen LogP contribution in [0.25, 0.3) is 0 Å². The summed E-state index contributed by atoms with van der Waals surface area (Å²) in [4.78, 5) is 18.8. The van der Waals surface area contributed by atoms with Crippen molar-refractivity contribution in [3.63, 3.8) is 0 Å². The molecule has 0 aliphatic carbocycles. The molecular formula is C19H28Cl2N4O. The summed E-state index contributed by atoms with van der Waals surface area (Å²) in [6, 6.07) is 14.0. The number of pyridine rings is 1. The summed E-state index contributed by atoms with van der Waals surface area (Å²) in [7, 11) is 0. The summed E-state index contributed by atoms with van der Waals surface area (Å²) in [5.74, 6) is -0.0274. The van der Waals surface area contributed by atoms with Gasteiger partial charge in [-0.25, -0.2) is 0 Å². The maximum absolute atomic E-state index is 12.2. The van der Waals surface area contributed by atoms with Crippen LogP contribution in [0.1, 0.15) is 31.1 Å². The third-order valence-corrected chi connectivity index (χ3v) is 4.12. The van der Waals surface area contributed by atoms with Crippen molar-refractivity contribution in [1.82, 2.24) is 15.2 Å². The van der Waals surface area contributed by atoms with Crippen molar-refractivity contribution in [2.45, 2.75) is 26.3 Å². The Morgan fingerprint density at radius 2 is 1.77 bits per heavy atom. The highest BCUT2D eigenvalue weighted by atomic mass is 35.5. The van der Waals surface area contributed by atoms with E-state index in [4.69, 9.17) is 5.73 Å². The van der Waals surface area contributed by atoms with E-state index >= 15 is 0 Å². The van der Waals surface area contributed by atoms with Gasteiger partial charge in [0.2, 0.25) is 5.91 Å². The van der Waals surface area contributed by atoms with Crippen molar-refractivity contribution in [1.29, 1.82) is 0 Å². The summed E-state index contributed by atoms with van der Waals surface area (Å²) in [6.07, 6.45) is 1.84. The Labute approximate surface area is 168 Å². The number of aromatic nitrogens is 1. The number of nitrogen functional groups attached to an aromatic ring is 1. The van der Waals surface area contributed by atoms with E-state index in [1.165, 1.54) is 5.56 Å².